The highest BCUT2D eigenvalue weighted by Gasteiger charge is 2.25. The fraction of sp³-hybridized carbons (Fsp3) is 0.200. The minimum atomic E-state index is -1.92. The zero-order valence-electron chi connectivity index (χ0n) is 28.5. The van der Waals surface area contributed by atoms with Crippen molar-refractivity contribution < 1.29 is 51.0 Å². The first kappa shape index (κ1) is 38.6. The number of ether oxygens (including phenoxy) is 3. The second-order valence-electron chi connectivity index (χ2n) is 11.6. The van der Waals surface area contributed by atoms with E-state index in [4.69, 9.17) is 15.9 Å². The van der Waals surface area contributed by atoms with Gasteiger partial charge in [-0.1, -0.05) is 48.1 Å². The highest BCUT2D eigenvalue weighted by atomic mass is 19.2. The van der Waals surface area contributed by atoms with Gasteiger partial charge >= 0.3 is 5.97 Å². The molecule has 1 aliphatic rings. The minimum absolute atomic E-state index is 0.00833. The summed E-state index contributed by atoms with van der Waals surface area (Å²) in [7, 11) is 0. The van der Waals surface area contributed by atoms with Crippen LogP contribution < -0.4 is 25.0 Å². The largest absolute Gasteiger partial charge is 0.481 e. The molecule has 1 aliphatic heterocycles. The monoisotopic (exact) mass is 741 g/mol. The minimum Gasteiger partial charge on any atom is -0.481 e. The number of hydrogen-bond acceptors (Lipinski definition) is 7. The van der Waals surface area contributed by atoms with Gasteiger partial charge in [0.2, 0.25) is 35.1 Å². The van der Waals surface area contributed by atoms with Crippen molar-refractivity contribution in [3.63, 3.8) is 0 Å². The van der Waals surface area contributed by atoms with Gasteiger partial charge in [-0.2, -0.15) is 8.78 Å². The van der Waals surface area contributed by atoms with Crippen LogP contribution in [-0.4, -0.2) is 50.1 Å². The topological polar surface area (TPSA) is 123 Å². The molecule has 5 rings (SSSR count). The predicted octanol–water partition coefficient (Wildman–Crippen LogP) is 5.66. The zero-order valence-corrected chi connectivity index (χ0v) is 28.5. The summed E-state index contributed by atoms with van der Waals surface area (Å²) < 4.78 is 70.7. The summed E-state index contributed by atoms with van der Waals surface area (Å²) >= 11 is 0. The molecule has 3 amide bonds. The van der Waals surface area contributed by atoms with Crippen LogP contribution in [0.15, 0.2) is 72.8 Å². The van der Waals surface area contributed by atoms with Gasteiger partial charge in [0.05, 0.1) is 37.4 Å². The highest BCUT2D eigenvalue weighted by Crippen LogP contribution is 2.29. The lowest BCUT2D eigenvalue weighted by Crippen LogP contribution is -2.34. The molecule has 0 unspecified atom stereocenters. The molecule has 2 N–H and O–H groups in total. The van der Waals surface area contributed by atoms with E-state index in [9.17, 15) is 36.7 Å². The Balaban J connectivity index is 1.07. The van der Waals surface area contributed by atoms with Gasteiger partial charge in [-0.15, -0.1) is 6.42 Å². The summed E-state index contributed by atoms with van der Waals surface area (Å²) in [6.45, 7) is 0.165. The number of nitrogens with one attached hydrogen (secondary N) is 2. The fourth-order valence-corrected chi connectivity index (χ4v) is 5.19. The molecule has 0 aliphatic carbocycles. The average Bonchev–Trinajstić information content (AvgIpc) is 3.16. The Morgan fingerprint density at radius 2 is 1.52 bits per heavy atom. The molecular formula is C40H31F4N3O7. The molecule has 276 valence electrons. The van der Waals surface area contributed by atoms with Crippen LogP contribution in [0.4, 0.5) is 28.9 Å². The number of esters is 1. The number of rotatable bonds is 14. The Labute approximate surface area is 307 Å². The lowest BCUT2D eigenvalue weighted by Gasteiger charge is -2.26. The number of terminal acetylenes is 1. The zero-order chi connectivity index (χ0) is 38.6. The fourth-order valence-electron chi connectivity index (χ4n) is 5.19. The number of hydrogen-bond donors (Lipinski definition) is 2. The average molecular weight is 742 g/mol. The van der Waals surface area contributed by atoms with E-state index in [1.54, 1.807) is 4.90 Å². The summed E-state index contributed by atoms with van der Waals surface area (Å²) in [4.78, 5) is 52.8. The molecule has 0 spiro atoms. The third-order valence-corrected chi connectivity index (χ3v) is 7.80. The molecule has 0 radical (unpaired) electrons. The molecule has 4 aromatic carbocycles. The number of carbonyl (C=O) groups excluding carboxylic acids is 4. The molecule has 4 aromatic rings. The van der Waals surface area contributed by atoms with Crippen molar-refractivity contribution in [3.8, 4) is 35.7 Å². The molecule has 54 heavy (non-hydrogen) atoms. The summed E-state index contributed by atoms with van der Waals surface area (Å²) in [5, 5.41) is 5.18. The highest BCUT2D eigenvalue weighted by molar-refractivity contribution is 5.97. The van der Waals surface area contributed by atoms with Gasteiger partial charge in [0, 0.05) is 48.3 Å². The summed E-state index contributed by atoms with van der Waals surface area (Å²) in [5.41, 5.74) is 2.69. The van der Waals surface area contributed by atoms with Crippen LogP contribution in [0.3, 0.4) is 0 Å². The third kappa shape index (κ3) is 10.0. The SMILES string of the molecule is C#CCOc1cc(NC(=O)CCOCCNC(=O)CCC(=O)N2Cc3ccccc3C#Cc3ccccc32)cc(C(=O)Oc2c(F)c(F)cc(F)c2F)c1. The predicted molar refractivity (Wildman–Crippen MR) is 188 cm³/mol. The number of amides is 3. The van der Waals surface area contributed by atoms with Crippen LogP contribution in [0.1, 0.15) is 46.3 Å². The molecule has 10 nitrogen and oxygen atoms in total. The summed E-state index contributed by atoms with van der Waals surface area (Å²) in [6, 6.07) is 18.3. The lowest BCUT2D eigenvalue weighted by atomic mass is 10.0. The van der Waals surface area contributed by atoms with Crippen molar-refractivity contribution in [1.82, 2.24) is 5.32 Å². The first-order valence-corrected chi connectivity index (χ1v) is 16.4. The second-order valence-corrected chi connectivity index (χ2v) is 11.6. The van der Waals surface area contributed by atoms with Crippen LogP contribution in [0.2, 0.25) is 0 Å². The molecule has 0 aromatic heterocycles. The first-order valence-electron chi connectivity index (χ1n) is 16.4. The normalized spacial score (nSPS) is 11.4. The van der Waals surface area contributed by atoms with Gasteiger partial charge in [-0.3, -0.25) is 14.4 Å². The second kappa shape index (κ2) is 18.2. The summed E-state index contributed by atoms with van der Waals surface area (Å²) in [5.74, 6) is -3.10. The Hall–Kier alpha value is -6.64. The van der Waals surface area contributed by atoms with Gasteiger partial charge in [-0.25, -0.2) is 13.6 Å². The third-order valence-electron chi connectivity index (χ3n) is 7.80. The van der Waals surface area contributed by atoms with Gasteiger partial charge in [0.15, 0.2) is 11.6 Å². The van der Waals surface area contributed by atoms with Crippen molar-refractivity contribution in [1.29, 1.82) is 0 Å². The molecule has 0 saturated carbocycles. The number of nitrogens with zero attached hydrogens (tertiary/aromatic N) is 1. The van der Waals surface area contributed by atoms with Crippen LogP contribution in [0.5, 0.6) is 11.5 Å². The van der Waals surface area contributed by atoms with E-state index in [1.165, 1.54) is 6.07 Å². The van der Waals surface area contributed by atoms with Crippen LogP contribution >= 0.6 is 0 Å². The van der Waals surface area contributed by atoms with Crippen molar-refractivity contribution in [2.24, 2.45) is 0 Å². The van der Waals surface area contributed by atoms with E-state index in [0.717, 1.165) is 23.3 Å². The smallest absolute Gasteiger partial charge is 0.343 e. The maximum absolute atomic E-state index is 14.1. The van der Waals surface area contributed by atoms with Gasteiger partial charge in [0.25, 0.3) is 0 Å². The van der Waals surface area contributed by atoms with Crippen molar-refractivity contribution in [2.45, 2.75) is 25.8 Å². The van der Waals surface area contributed by atoms with Crippen molar-refractivity contribution in [3.05, 3.63) is 118 Å². The molecule has 0 fully saturated rings. The van der Waals surface area contributed by atoms with Crippen LogP contribution in [-0.2, 0) is 25.7 Å². The molecule has 1 heterocycles. The van der Waals surface area contributed by atoms with Crippen molar-refractivity contribution in [2.75, 3.05) is 36.6 Å². The standard InChI is InChI=1S/C40H31F4N3O7/c1-2-17-53-30-21-28(40(51)54-39-37(43)31(41)23-32(42)38(39)44)20-29(22-30)46-35(49)15-18-52-19-16-45-34(48)13-14-36(50)47-24-27-9-4-3-7-25(27)11-12-26-8-5-6-10-33(26)47/h1,3-10,20-23H,13-19,24H2,(H,45,48)(H,46,49). The quantitative estimate of drug-likeness (QED) is 0.0427. The molecule has 14 heteroatoms. The van der Waals surface area contributed by atoms with E-state index in [2.05, 4.69) is 33.1 Å². The Morgan fingerprint density at radius 1 is 0.815 bits per heavy atom. The Kier molecular flexibility index (Phi) is 13.0. The molecule has 0 atom stereocenters. The molecule has 0 bridgehead atoms. The van der Waals surface area contributed by atoms with E-state index < -0.39 is 46.5 Å². The number of benzene rings is 4. The van der Waals surface area contributed by atoms with Crippen molar-refractivity contribution >= 4 is 35.1 Å². The maximum atomic E-state index is 14.1. The number of carbonyl (C=O) groups is 4. The number of fused-ring (bicyclic) bond motifs is 2. The summed E-state index contributed by atoms with van der Waals surface area (Å²) in [6.07, 6.45) is 4.94. The van der Waals surface area contributed by atoms with Gasteiger partial charge < -0.3 is 29.7 Å². The number of halogens is 4. The maximum Gasteiger partial charge on any atom is 0.343 e. The van der Waals surface area contributed by atoms with Gasteiger partial charge in [-0.05, 0) is 35.9 Å². The number of para-hydroxylation sites is 1. The lowest BCUT2D eigenvalue weighted by molar-refractivity contribution is -0.125. The van der Waals surface area contributed by atoms with E-state index >= 15 is 0 Å². The molecular weight excluding hydrogens is 710 g/mol. The van der Waals surface area contributed by atoms with E-state index in [1.807, 2.05) is 48.5 Å². The Bertz CT molecular complexity index is 2170. The first-order chi connectivity index (χ1) is 26.0. The van der Waals surface area contributed by atoms with E-state index in [0.29, 0.717) is 17.8 Å². The molecule has 0 saturated heterocycles. The Morgan fingerprint density at radius 3 is 2.28 bits per heavy atom. The number of anilines is 2. The van der Waals surface area contributed by atoms with E-state index in [-0.39, 0.29) is 74.9 Å². The van der Waals surface area contributed by atoms with Gasteiger partial charge in [0.1, 0.15) is 12.4 Å². The van der Waals surface area contributed by atoms with Crippen LogP contribution in [0.25, 0.3) is 0 Å². The van der Waals surface area contributed by atoms with Crippen LogP contribution in [0, 0.1) is 47.5 Å².